The summed E-state index contributed by atoms with van der Waals surface area (Å²) in [5.41, 5.74) is 0.324. The van der Waals surface area contributed by atoms with Gasteiger partial charge in [0.1, 0.15) is 10.6 Å². The average Bonchev–Trinajstić information content (AvgIpc) is 2.83. The molecule has 1 rings (SSSR count). The molecule has 0 saturated heterocycles. The van der Waals surface area contributed by atoms with Crippen molar-refractivity contribution in [3.63, 3.8) is 0 Å². The molecule has 0 aliphatic heterocycles. The summed E-state index contributed by atoms with van der Waals surface area (Å²) in [5.74, 6) is -0.268. The summed E-state index contributed by atoms with van der Waals surface area (Å²) in [4.78, 5) is 12.1. The first kappa shape index (κ1) is 17.7. The van der Waals surface area contributed by atoms with Gasteiger partial charge in [0.15, 0.2) is 0 Å². The van der Waals surface area contributed by atoms with Gasteiger partial charge in [0.25, 0.3) is 5.91 Å². The van der Waals surface area contributed by atoms with Crippen LogP contribution in [0.4, 0.5) is 0 Å². The van der Waals surface area contributed by atoms with Crippen LogP contribution in [0.25, 0.3) is 0 Å². The molecule has 7 heteroatoms. The number of nitrogens with two attached hydrogens (primary N) is 1. The number of hydrogen-bond acceptors (Lipinski definition) is 3. The van der Waals surface area contributed by atoms with Crippen LogP contribution in [-0.2, 0) is 10.0 Å². The van der Waals surface area contributed by atoms with E-state index in [1.165, 1.54) is 12.3 Å². The first-order valence-corrected chi connectivity index (χ1v) is 8.84. The number of sulfonamides is 1. The van der Waals surface area contributed by atoms with Crippen molar-refractivity contribution in [1.82, 2.24) is 9.88 Å². The molecule has 0 radical (unpaired) electrons. The highest BCUT2D eigenvalue weighted by Crippen LogP contribution is 2.18. The lowest BCUT2D eigenvalue weighted by molar-refractivity contribution is 0.0942. The minimum Gasteiger partial charge on any atom is -0.351 e. The maximum absolute atomic E-state index is 12.2. The molecule has 0 spiro atoms. The average molecular weight is 315 g/mol. The molecule has 0 unspecified atom stereocenters. The molecule has 1 heterocycles. The zero-order valence-corrected chi connectivity index (χ0v) is 13.7. The zero-order valence-electron chi connectivity index (χ0n) is 12.9. The Bertz CT molecular complexity index is 576. The Morgan fingerprint density at radius 2 is 2.00 bits per heavy atom. The number of aromatic nitrogens is 1. The fourth-order valence-electron chi connectivity index (χ4n) is 2.06. The van der Waals surface area contributed by atoms with E-state index in [4.69, 9.17) is 5.14 Å². The molecule has 0 bridgehead atoms. The highest BCUT2D eigenvalue weighted by molar-refractivity contribution is 7.89. The summed E-state index contributed by atoms with van der Waals surface area (Å²) in [6.07, 6.45) is 5.69. The quantitative estimate of drug-likeness (QED) is 0.719. The van der Waals surface area contributed by atoms with Gasteiger partial charge in [-0.1, -0.05) is 26.2 Å². The number of nitrogens with one attached hydrogen (secondary N) is 1. The molecule has 0 fully saturated rings. The van der Waals surface area contributed by atoms with Crippen LogP contribution >= 0.6 is 0 Å². The smallest absolute Gasteiger partial charge is 0.267 e. The number of hydrogen-bond donors (Lipinski definition) is 2. The minimum absolute atomic E-state index is 0.0265. The van der Waals surface area contributed by atoms with Crippen LogP contribution < -0.4 is 10.5 Å². The fourth-order valence-corrected chi connectivity index (χ4v) is 2.60. The molecule has 1 aromatic rings. The molecular weight excluding hydrogens is 290 g/mol. The number of unbranched alkanes of at least 4 members (excludes halogenated alkanes) is 3. The second-order valence-electron chi connectivity index (χ2n) is 5.42. The van der Waals surface area contributed by atoms with E-state index in [9.17, 15) is 13.2 Å². The second kappa shape index (κ2) is 7.61. The molecule has 3 N–H and O–H groups in total. The Hall–Kier alpha value is -1.34. The van der Waals surface area contributed by atoms with E-state index in [2.05, 4.69) is 12.2 Å². The van der Waals surface area contributed by atoms with Gasteiger partial charge < -0.3 is 9.88 Å². The van der Waals surface area contributed by atoms with Gasteiger partial charge in [0.05, 0.1) is 0 Å². The summed E-state index contributed by atoms with van der Waals surface area (Å²) in [6, 6.07) is 1.30. The molecule has 0 saturated carbocycles. The molecule has 0 aromatic carbocycles. The summed E-state index contributed by atoms with van der Waals surface area (Å²) in [6.45, 7) is 6.48. The van der Waals surface area contributed by atoms with Gasteiger partial charge in [-0.15, -0.1) is 0 Å². The van der Waals surface area contributed by atoms with Crippen molar-refractivity contribution in [2.24, 2.45) is 5.14 Å². The van der Waals surface area contributed by atoms with E-state index in [0.29, 0.717) is 12.2 Å². The monoisotopic (exact) mass is 315 g/mol. The van der Waals surface area contributed by atoms with Crippen LogP contribution in [0.5, 0.6) is 0 Å². The second-order valence-corrected chi connectivity index (χ2v) is 6.99. The Balaban J connectivity index is 2.81. The van der Waals surface area contributed by atoms with Crippen molar-refractivity contribution < 1.29 is 13.2 Å². The van der Waals surface area contributed by atoms with Crippen molar-refractivity contribution in [2.45, 2.75) is 57.4 Å². The number of carbonyl (C=O) groups is 1. The van der Waals surface area contributed by atoms with E-state index in [1.807, 2.05) is 13.8 Å². The lowest BCUT2D eigenvalue weighted by Crippen LogP contribution is -2.27. The molecule has 1 aromatic heterocycles. The Morgan fingerprint density at radius 3 is 2.52 bits per heavy atom. The van der Waals surface area contributed by atoms with Gasteiger partial charge in [-0.3, -0.25) is 4.79 Å². The van der Waals surface area contributed by atoms with E-state index in [1.54, 1.807) is 4.57 Å². The van der Waals surface area contributed by atoms with Crippen LogP contribution in [0.15, 0.2) is 17.2 Å². The normalized spacial score (nSPS) is 11.9. The number of amides is 1. The highest BCUT2D eigenvalue weighted by atomic mass is 32.2. The third-order valence-electron chi connectivity index (χ3n) is 3.26. The maximum Gasteiger partial charge on any atom is 0.267 e. The predicted octanol–water partition coefficient (Wildman–Crippen LogP) is 2.03. The Labute approximate surface area is 126 Å². The number of rotatable bonds is 8. The van der Waals surface area contributed by atoms with Gasteiger partial charge >= 0.3 is 0 Å². The van der Waals surface area contributed by atoms with Gasteiger partial charge in [0.2, 0.25) is 10.0 Å². The molecule has 21 heavy (non-hydrogen) atoms. The Morgan fingerprint density at radius 1 is 1.33 bits per heavy atom. The van der Waals surface area contributed by atoms with Crippen LogP contribution in [0.3, 0.4) is 0 Å². The summed E-state index contributed by atoms with van der Waals surface area (Å²) in [5, 5.41) is 7.94. The van der Waals surface area contributed by atoms with E-state index < -0.39 is 10.0 Å². The first-order chi connectivity index (χ1) is 9.77. The van der Waals surface area contributed by atoms with Gasteiger partial charge in [0, 0.05) is 18.8 Å². The number of carbonyl (C=O) groups excluding carboxylic acids is 1. The van der Waals surface area contributed by atoms with Crippen molar-refractivity contribution in [3.8, 4) is 0 Å². The summed E-state index contributed by atoms with van der Waals surface area (Å²) < 4.78 is 24.4. The fraction of sp³-hybridized carbons (Fsp3) is 0.643. The lowest BCUT2D eigenvalue weighted by Gasteiger charge is -2.12. The van der Waals surface area contributed by atoms with E-state index in [-0.39, 0.29) is 16.8 Å². The third kappa shape index (κ3) is 5.17. The molecule has 0 aliphatic rings. The number of primary sulfonamides is 1. The van der Waals surface area contributed by atoms with Crippen molar-refractivity contribution >= 4 is 15.9 Å². The third-order valence-corrected chi connectivity index (χ3v) is 4.14. The minimum atomic E-state index is -3.80. The van der Waals surface area contributed by atoms with Crippen molar-refractivity contribution in [3.05, 3.63) is 18.0 Å². The SMILES string of the molecule is CCCCCCNC(=O)c1cc(S(N)(=O)=O)cn1C(C)C. The van der Waals surface area contributed by atoms with Crippen LogP contribution in [0.2, 0.25) is 0 Å². The highest BCUT2D eigenvalue weighted by Gasteiger charge is 2.20. The summed E-state index contributed by atoms with van der Waals surface area (Å²) >= 11 is 0. The molecule has 1 amide bonds. The molecule has 0 aliphatic carbocycles. The molecule has 0 atom stereocenters. The van der Waals surface area contributed by atoms with Crippen LogP contribution in [-0.4, -0.2) is 25.4 Å². The molecule has 120 valence electrons. The van der Waals surface area contributed by atoms with E-state index >= 15 is 0 Å². The number of nitrogens with zero attached hydrogens (tertiary/aromatic N) is 1. The van der Waals surface area contributed by atoms with Crippen molar-refractivity contribution in [2.75, 3.05) is 6.54 Å². The van der Waals surface area contributed by atoms with Gasteiger partial charge in [-0.05, 0) is 26.3 Å². The molecular formula is C14H25N3O3S. The standard InChI is InChI=1S/C14H25N3O3S/c1-4-5-6-7-8-16-14(18)13-9-12(21(15,19)20)10-17(13)11(2)3/h9-11H,4-8H2,1-3H3,(H,16,18)(H2,15,19,20). The van der Waals surface area contributed by atoms with Gasteiger partial charge in [-0.25, -0.2) is 13.6 Å². The largest absolute Gasteiger partial charge is 0.351 e. The van der Waals surface area contributed by atoms with E-state index in [0.717, 1.165) is 25.7 Å². The van der Waals surface area contributed by atoms with Crippen LogP contribution in [0.1, 0.15) is 63.0 Å². The molecule has 6 nitrogen and oxygen atoms in total. The zero-order chi connectivity index (χ0) is 16.0. The topological polar surface area (TPSA) is 94.2 Å². The first-order valence-electron chi connectivity index (χ1n) is 7.30. The maximum atomic E-state index is 12.2. The summed E-state index contributed by atoms with van der Waals surface area (Å²) in [7, 11) is -3.80. The van der Waals surface area contributed by atoms with Crippen LogP contribution in [0, 0.1) is 0 Å². The van der Waals surface area contributed by atoms with Gasteiger partial charge in [-0.2, -0.15) is 0 Å². The Kier molecular flexibility index (Phi) is 6.42. The van der Waals surface area contributed by atoms with Crippen molar-refractivity contribution in [1.29, 1.82) is 0 Å². The lowest BCUT2D eigenvalue weighted by atomic mass is 10.2. The predicted molar refractivity (Wildman–Crippen MR) is 82.7 cm³/mol.